The molecular formula is C23H22F2N2O4S. The van der Waals surface area contributed by atoms with Crippen LogP contribution in [0.5, 0.6) is 11.5 Å². The lowest BCUT2D eigenvalue weighted by atomic mass is 10.0. The quantitative estimate of drug-likeness (QED) is 0.559. The van der Waals surface area contributed by atoms with E-state index in [9.17, 15) is 17.8 Å². The monoisotopic (exact) mass is 460 g/mol. The smallest absolute Gasteiger partial charge is 0.253 e. The minimum absolute atomic E-state index is 0.0307. The van der Waals surface area contributed by atoms with Crippen molar-refractivity contribution in [1.29, 1.82) is 0 Å². The van der Waals surface area contributed by atoms with Crippen LogP contribution < -0.4 is 14.6 Å². The predicted molar refractivity (Wildman–Crippen MR) is 119 cm³/mol. The highest BCUT2D eigenvalue weighted by molar-refractivity contribution is 7.85. The van der Waals surface area contributed by atoms with Gasteiger partial charge in [-0.25, -0.2) is 13.0 Å². The fourth-order valence-corrected chi connectivity index (χ4v) is 4.55. The number of aromatic nitrogens is 1. The van der Waals surface area contributed by atoms with Gasteiger partial charge in [0.05, 0.1) is 24.9 Å². The molecule has 1 aromatic heterocycles. The molecule has 0 amide bonds. The van der Waals surface area contributed by atoms with E-state index < -0.39 is 22.6 Å². The fraction of sp³-hybridized carbons (Fsp3) is 0.261. The average Bonchev–Trinajstić information content (AvgIpc) is 2.70. The Morgan fingerprint density at radius 2 is 1.84 bits per heavy atom. The average molecular weight is 461 g/mol. The standard InChI is InChI=1S/C23H22F2N2O4S/c1-14-8-15(11-26(2)23(14)28)19-10-17(27(32(3)29)18-12-30-13-18)5-7-21(19)31-22-6-4-16(24)9-20(22)25/h4-11,18H,12-13H2,1-3H3. The zero-order valence-corrected chi connectivity index (χ0v) is 18.6. The van der Waals surface area contributed by atoms with Crippen LogP contribution in [0.25, 0.3) is 11.1 Å². The molecule has 1 atom stereocenters. The van der Waals surface area contributed by atoms with Crippen LogP contribution in [0.4, 0.5) is 14.5 Å². The summed E-state index contributed by atoms with van der Waals surface area (Å²) in [5.41, 5.74) is 2.29. The number of rotatable bonds is 6. The topological polar surface area (TPSA) is 60.8 Å². The number of hydrogen-bond donors (Lipinski definition) is 0. The number of ether oxygens (including phenoxy) is 2. The summed E-state index contributed by atoms with van der Waals surface area (Å²) in [7, 11) is 0.335. The van der Waals surface area contributed by atoms with Crippen molar-refractivity contribution >= 4 is 16.7 Å². The number of aryl methyl sites for hydroxylation is 2. The lowest BCUT2D eigenvalue weighted by molar-refractivity contribution is 0.0149. The molecule has 0 saturated carbocycles. The molecule has 1 fully saturated rings. The third-order valence-electron chi connectivity index (χ3n) is 5.23. The van der Waals surface area contributed by atoms with Gasteiger partial charge in [0.2, 0.25) is 0 Å². The Balaban J connectivity index is 1.85. The van der Waals surface area contributed by atoms with Gasteiger partial charge in [-0.3, -0.25) is 9.10 Å². The normalized spacial score (nSPS) is 14.7. The summed E-state index contributed by atoms with van der Waals surface area (Å²) in [5, 5.41) is 0. The van der Waals surface area contributed by atoms with Crippen LogP contribution in [0.1, 0.15) is 5.56 Å². The van der Waals surface area contributed by atoms with Crippen LogP contribution in [0.2, 0.25) is 0 Å². The predicted octanol–water partition coefficient (Wildman–Crippen LogP) is 3.93. The molecule has 1 aliphatic rings. The molecular weight excluding hydrogens is 438 g/mol. The summed E-state index contributed by atoms with van der Waals surface area (Å²) < 4.78 is 54.3. The van der Waals surface area contributed by atoms with Crippen molar-refractivity contribution in [2.45, 2.75) is 13.0 Å². The van der Waals surface area contributed by atoms with Crippen molar-refractivity contribution in [2.75, 3.05) is 23.8 Å². The van der Waals surface area contributed by atoms with Gasteiger partial charge in [-0.1, -0.05) is 0 Å². The first-order valence-corrected chi connectivity index (χ1v) is 11.4. The van der Waals surface area contributed by atoms with Crippen LogP contribution in [0.15, 0.2) is 53.5 Å². The summed E-state index contributed by atoms with van der Waals surface area (Å²) in [6.07, 6.45) is 3.24. The molecule has 1 unspecified atom stereocenters. The molecule has 3 aromatic rings. The molecule has 0 bridgehead atoms. The van der Waals surface area contributed by atoms with Gasteiger partial charge < -0.3 is 14.0 Å². The second-order valence-electron chi connectivity index (χ2n) is 7.63. The maximum atomic E-state index is 14.3. The van der Waals surface area contributed by atoms with E-state index in [2.05, 4.69) is 0 Å². The Bertz CT molecular complexity index is 1230. The highest BCUT2D eigenvalue weighted by atomic mass is 32.2. The Morgan fingerprint density at radius 1 is 1.12 bits per heavy atom. The Hall–Kier alpha value is -3.04. The highest BCUT2D eigenvalue weighted by Crippen LogP contribution is 2.38. The molecule has 2 heterocycles. The van der Waals surface area contributed by atoms with Crippen LogP contribution in [-0.4, -0.2) is 34.3 Å². The summed E-state index contributed by atoms with van der Waals surface area (Å²) in [4.78, 5) is 12.2. The summed E-state index contributed by atoms with van der Waals surface area (Å²) >= 11 is 0. The number of anilines is 1. The van der Waals surface area contributed by atoms with Gasteiger partial charge >= 0.3 is 0 Å². The number of hydrogen-bond acceptors (Lipinski definition) is 4. The molecule has 1 saturated heterocycles. The third kappa shape index (κ3) is 4.31. The van der Waals surface area contributed by atoms with E-state index in [0.717, 1.165) is 12.1 Å². The Kier molecular flexibility index (Phi) is 6.12. The first kappa shape index (κ1) is 22.2. The van der Waals surface area contributed by atoms with E-state index in [4.69, 9.17) is 9.47 Å². The van der Waals surface area contributed by atoms with E-state index in [1.165, 1.54) is 10.6 Å². The van der Waals surface area contributed by atoms with Gasteiger partial charge in [-0.2, -0.15) is 0 Å². The van der Waals surface area contributed by atoms with E-state index in [1.807, 2.05) is 0 Å². The molecule has 0 radical (unpaired) electrons. The minimum atomic E-state index is -1.31. The first-order valence-electron chi connectivity index (χ1n) is 9.89. The van der Waals surface area contributed by atoms with Gasteiger partial charge in [0.1, 0.15) is 22.6 Å². The maximum absolute atomic E-state index is 14.3. The molecule has 0 aliphatic carbocycles. The number of pyridine rings is 1. The SMILES string of the molecule is Cc1cc(-c2cc(N(C3COC3)S(C)=O)ccc2Oc2ccc(F)cc2F)cn(C)c1=O. The minimum Gasteiger partial charge on any atom is -0.454 e. The second kappa shape index (κ2) is 8.84. The van der Waals surface area contributed by atoms with Gasteiger partial charge in [0.25, 0.3) is 5.56 Å². The van der Waals surface area contributed by atoms with Gasteiger partial charge in [0.15, 0.2) is 11.6 Å². The van der Waals surface area contributed by atoms with Crippen molar-refractivity contribution in [3.8, 4) is 22.6 Å². The van der Waals surface area contributed by atoms with E-state index in [0.29, 0.717) is 41.3 Å². The van der Waals surface area contributed by atoms with Crippen LogP contribution in [-0.2, 0) is 22.8 Å². The number of nitrogens with zero attached hydrogens (tertiary/aromatic N) is 2. The summed E-state index contributed by atoms with van der Waals surface area (Å²) in [6, 6.07) is 9.93. The molecule has 168 valence electrons. The zero-order chi connectivity index (χ0) is 23.0. The van der Waals surface area contributed by atoms with E-state index >= 15 is 0 Å². The third-order valence-corrected chi connectivity index (χ3v) is 6.30. The molecule has 4 rings (SSSR count). The molecule has 0 N–H and O–H groups in total. The van der Waals surface area contributed by atoms with Gasteiger partial charge in [-0.15, -0.1) is 0 Å². The Morgan fingerprint density at radius 3 is 2.44 bits per heavy atom. The molecule has 9 heteroatoms. The summed E-state index contributed by atoms with van der Waals surface area (Å²) in [6.45, 7) is 2.63. The molecule has 32 heavy (non-hydrogen) atoms. The fourth-order valence-electron chi connectivity index (χ4n) is 3.60. The van der Waals surface area contributed by atoms with Crippen molar-refractivity contribution in [1.82, 2.24) is 4.57 Å². The second-order valence-corrected chi connectivity index (χ2v) is 8.87. The largest absolute Gasteiger partial charge is 0.454 e. The van der Waals surface area contributed by atoms with Gasteiger partial charge in [-0.05, 0) is 43.3 Å². The van der Waals surface area contributed by atoms with Crippen LogP contribution in [0, 0.1) is 18.6 Å². The zero-order valence-electron chi connectivity index (χ0n) is 17.8. The summed E-state index contributed by atoms with van der Waals surface area (Å²) in [5.74, 6) is -1.36. The van der Waals surface area contributed by atoms with Crippen molar-refractivity contribution < 1.29 is 22.5 Å². The lowest BCUT2D eigenvalue weighted by Gasteiger charge is -2.37. The number of halogens is 2. The molecule has 1 aliphatic heterocycles. The maximum Gasteiger partial charge on any atom is 0.253 e. The lowest BCUT2D eigenvalue weighted by Crippen LogP contribution is -2.49. The van der Waals surface area contributed by atoms with E-state index in [1.54, 1.807) is 55.0 Å². The number of benzene rings is 2. The van der Waals surface area contributed by atoms with Crippen LogP contribution in [0.3, 0.4) is 0 Å². The highest BCUT2D eigenvalue weighted by Gasteiger charge is 2.29. The van der Waals surface area contributed by atoms with E-state index in [-0.39, 0.29) is 17.4 Å². The Labute approximate surface area is 186 Å². The molecule has 2 aromatic carbocycles. The van der Waals surface area contributed by atoms with Crippen molar-refractivity contribution in [3.05, 3.63) is 76.2 Å². The van der Waals surface area contributed by atoms with Gasteiger partial charge in [0, 0.05) is 42.3 Å². The van der Waals surface area contributed by atoms with Crippen LogP contribution >= 0.6 is 0 Å². The first-order chi connectivity index (χ1) is 15.2. The van der Waals surface area contributed by atoms with Crippen molar-refractivity contribution in [3.63, 3.8) is 0 Å². The molecule has 6 nitrogen and oxygen atoms in total. The molecule has 0 spiro atoms. The van der Waals surface area contributed by atoms with Crippen molar-refractivity contribution in [2.24, 2.45) is 7.05 Å².